The first-order chi connectivity index (χ1) is 10.4. The van der Waals surface area contributed by atoms with Gasteiger partial charge in [0, 0.05) is 11.8 Å². The second-order valence-electron chi connectivity index (χ2n) is 5.97. The Morgan fingerprint density at radius 1 is 1.13 bits per heavy atom. The molecule has 0 aliphatic carbocycles. The molecule has 7 heteroatoms. The van der Waals surface area contributed by atoms with Crippen molar-refractivity contribution in [3.05, 3.63) is 29.8 Å². The summed E-state index contributed by atoms with van der Waals surface area (Å²) >= 11 is 0. The summed E-state index contributed by atoms with van der Waals surface area (Å²) in [5, 5.41) is 0. The van der Waals surface area contributed by atoms with Gasteiger partial charge in [-0.05, 0) is 52.0 Å². The number of rotatable bonds is 7. The van der Waals surface area contributed by atoms with Crippen LogP contribution in [0.3, 0.4) is 0 Å². The molecule has 0 radical (unpaired) electrons. The first kappa shape index (κ1) is 19.3. The fourth-order valence-corrected chi connectivity index (χ4v) is 2.43. The fraction of sp³-hybridized carbons (Fsp3) is 0.500. The van der Waals surface area contributed by atoms with E-state index in [9.17, 15) is 18.0 Å². The van der Waals surface area contributed by atoms with E-state index in [1.807, 2.05) is 0 Å². The molecule has 0 bridgehead atoms. The lowest BCUT2D eigenvalue weighted by Gasteiger charge is -2.24. The summed E-state index contributed by atoms with van der Waals surface area (Å²) in [4.78, 5) is 24.3. The van der Waals surface area contributed by atoms with Gasteiger partial charge in [-0.1, -0.05) is 0 Å². The van der Waals surface area contributed by atoms with Gasteiger partial charge in [-0.15, -0.1) is 0 Å². The highest BCUT2D eigenvalue weighted by atomic mass is 32.2. The first-order valence-corrected chi connectivity index (χ1v) is 9.01. The van der Waals surface area contributed by atoms with E-state index in [0.29, 0.717) is 0 Å². The van der Waals surface area contributed by atoms with Gasteiger partial charge in [0.1, 0.15) is 6.61 Å². The molecule has 1 aromatic rings. The molecule has 0 fully saturated rings. The number of ether oxygens (including phenoxy) is 2. The Labute approximate surface area is 136 Å². The van der Waals surface area contributed by atoms with Gasteiger partial charge in [0.15, 0.2) is 15.4 Å². The molecule has 0 saturated carbocycles. The van der Waals surface area contributed by atoms with E-state index in [1.165, 1.54) is 38.1 Å². The number of esters is 1. The second-order valence-corrected chi connectivity index (χ2v) is 7.99. The minimum Gasteiger partial charge on any atom is -0.450 e. The fourth-order valence-electron chi connectivity index (χ4n) is 1.80. The standard InChI is InChI=1S/C16H22O6S/c1-11(2)21-10-14(17)22-16(3,4)15(18)12-6-8-13(9-7-12)23(5,19)20/h6-9,11H,10H2,1-5H3. The molecule has 0 heterocycles. The molecular weight excluding hydrogens is 320 g/mol. The van der Waals surface area contributed by atoms with E-state index in [2.05, 4.69) is 0 Å². The van der Waals surface area contributed by atoms with Gasteiger partial charge in [0.25, 0.3) is 0 Å². The maximum Gasteiger partial charge on any atom is 0.333 e. The third kappa shape index (κ3) is 5.76. The summed E-state index contributed by atoms with van der Waals surface area (Å²) in [6, 6.07) is 5.50. The Kier molecular flexibility index (Phi) is 6.07. The van der Waals surface area contributed by atoms with Crippen LogP contribution in [0.15, 0.2) is 29.2 Å². The maximum absolute atomic E-state index is 12.4. The average Bonchev–Trinajstić information content (AvgIpc) is 2.43. The van der Waals surface area contributed by atoms with Crippen molar-refractivity contribution in [2.75, 3.05) is 12.9 Å². The van der Waals surface area contributed by atoms with Crippen molar-refractivity contribution in [2.24, 2.45) is 0 Å². The van der Waals surface area contributed by atoms with Crippen LogP contribution in [-0.4, -0.2) is 44.7 Å². The highest BCUT2D eigenvalue weighted by molar-refractivity contribution is 7.90. The molecule has 0 N–H and O–H groups in total. The summed E-state index contributed by atoms with van der Waals surface area (Å²) in [6.07, 6.45) is 0.967. The highest BCUT2D eigenvalue weighted by Crippen LogP contribution is 2.19. The van der Waals surface area contributed by atoms with Crippen LogP contribution in [0, 0.1) is 0 Å². The van der Waals surface area contributed by atoms with Gasteiger partial charge in [0.2, 0.25) is 5.78 Å². The van der Waals surface area contributed by atoms with Crippen molar-refractivity contribution in [3.63, 3.8) is 0 Å². The zero-order chi connectivity index (χ0) is 17.8. The molecule has 0 saturated heterocycles. The zero-order valence-corrected chi connectivity index (χ0v) is 14.8. The normalized spacial score (nSPS) is 12.3. The SMILES string of the molecule is CC(C)OCC(=O)OC(C)(C)C(=O)c1ccc(S(C)(=O)=O)cc1. The molecule has 23 heavy (non-hydrogen) atoms. The van der Waals surface area contributed by atoms with Crippen LogP contribution in [-0.2, 0) is 24.1 Å². The number of hydrogen-bond acceptors (Lipinski definition) is 6. The molecule has 0 aliphatic rings. The Morgan fingerprint density at radius 2 is 1.65 bits per heavy atom. The third-order valence-corrected chi connectivity index (χ3v) is 4.12. The van der Waals surface area contributed by atoms with Gasteiger partial charge in [-0.2, -0.15) is 0 Å². The third-order valence-electron chi connectivity index (χ3n) is 2.99. The van der Waals surface area contributed by atoms with Crippen molar-refractivity contribution in [1.82, 2.24) is 0 Å². The molecule has 6 nitrogen and oxygen atoms in total. The maximum atomic E-state index is 12.4. The zero-order valence-electron chi connectivity index (χ0n) is 14.0. The molecule has 0 atom stereocenters. The van der Waals surface area contributed by atoms with E-state index in [0.717, 1.165) is 6.26 Å². The van der Waals surface area contributed by atoms with Crippen LogP contribution in [0.1, 0.15) is 38.1 Å². The largest absolute Gasteiger partial charge is 0.450 e. The second kappa shape index (κ2) is 7.23. The Morgan fingerprint density at radius 3 is 2.09 bits per heavy atom. The van der Waals surface area contributed by atoms with Crippen LogP contribution in [0.2, 0.25) is 0 Å². The van der Waals surface area contributed by atoms with Gasteiger partial charge < -0.3 is 9.47 Å². The van der Waals surface area contributed by atoms with Gasteiger partial charge in [-0.3, -0.25) is 4.79 Å². The molecule has 0 spiro atoms. The average molecular weight is 342 g/mol. The molecule has 0 unspecified atom stereocenters. The molecule has 0 amide bonds. The van der Waals surface area contributed by atoms with Crippen LogP contribution < -0.4 is 0 Å². The lowest BCUT2D eigenvalue weighted by atomic mass is 9.96. The van der Waals surface area contributed by atoms with Crippen LogP contribution in [0.25, 0.3) is 0 Å². The number of Topliss-reactive ketones (excluding diaryl/α,β-unsaturated/α-hetero) is 1. The summed E-state index contributed by atoms with van der Waals surface area (Å²) in [6.45, 7) is 6.29. The van der Waals surface area contributed by atoms with Crippen LogP contribution >= 0.6 is 0 Å². The van der Waals surface area contributed by atoms with E-state index in [1.54, 1.807) is 13.8 Å². The number of carbonyl (C=O) groups is 2. The molecule has 1 aromatic carbocycles. The number of sulfone groups is 1. The number of ketones is 1. The predicted molar refractivity (Wildman–Crippen MR) is 85.1 cm³/mol. The lowest BCUT2D eigenvalue weighted by Crippen LogP contribution is -2.38. The predicted octanol–water partition coefficient (Wildman–Crippen LogP) is 2.02. The van der Waals surface area contributed by atoms with E-state index >= 15 is 0 Å². The lowest BCUT2D eigenvalue weighted by molar-refractivity contribution is -0.159. The highest BCUT2D eigenvalue weighted by Gasteiger charge is 2.33. The van der Waals surface area contributed by atoms with Crippen molar-refractivity contribution in [3.8, 4) is 0 Å². The Bertz CT molecular complexity index is 671. The quantitative estimate of drug-likeness (QED) is 0.556. The van der Waals surface area contributed by atoms with Gasteiger partial charge in [0.05, 0.1) is 11.0 Å². The van der Waals surface area contributed by atoms with Crippen molar-refractivity contribution >= 4 is 21.6 Å². The van der Waals surface area contributed by atoms with Gasteiger partial charge in [-0.25, -0.2) is 13.2 Å². The van der Waals surface area contributed by atoms with Gasteiger partial charge >= 0.3 is 5.97 Å². The smallest absolute Gasteiger partial charge is 0.333 e. The van der Waals surface area contributed by atoms with E-state index < -0.39 is 27.2 Å². The van der Waals surface area contributed by atoms with Crippen molar-refractivity contribution in [1.29, 1.82) is 0 Å². The van der Waals surface area contributed by atoms with Crippen LogP contribution in [0.4, 0.5) is 0 Å². The molecule has 0 aromatic heterocycles. The molecule has 0 aliphatic heterocycles. The number of benzene rings is 1. The minimum absolute atomic E-state index is 0.120. The summed E-state index contributed by atoms with van der Waals surface area (Å²) in [5.74, 6) is -1.06. The Hall–Kier alpha value is -1.73. The first-order valence-electron chi connectivity index (χ1n) is 7.12. The van der Waals surface area contributed by atoms with Crippen molar-refractivity contribution in [2.45, 2.75) is 44.3 Å². The van der Waals surface area contributed by atoms with E-state index in [-0.39, 0.29) is 23.2 Å². The summed E-state index contributed by atoms with van der Waals surface area (Å²) in [5.41, 5.74) is -1.11. The number of carbonyl (C=O) groups excluding carboxylic acids is 2. The summed E-state index contributed by atoms with van der Waals surface area (Å²) in [7, 11) is -3.33. The van der Waals surface area contributed by atoms with E-state index in [4.69, 9.17) is 9.47 Å². The Balaban J connectivity index is 2.84. The monoisotopic (exact) mass is 342 g/mol. The topological polar surface area (TPSA) is 86.7 Å². The van der Waals surface area contributed by atoms with Crippen molar-refractivity contribution < 1.29 is 27.5 Å². The van der Waals surface area contributed by atoms with Crippen LogP contribution in [0.5, 0.6) is 0 Å². The summed E-state index contributed by atoms with van der Waals surface area (Å²) < 4.78 is 33.1. The minimum atomic E-state index is -3.33. The molecule has 128 valence electrons. The molecule has 1 rings (SSSR count). The molecular formula is C16H22O6S. The number of hydrogen-bond donors (Lipinski definition) is 0.